The van der Waals surface area contributed by atoms with Gasteiger partial charge in [0.15, 0.2) is 11.3 Å². The maximum Gasteiger partial charge on any atom is 0.197 e. The number of aromatic nitrogens is 1. The molecule has 8 heteroatoms. The Bertz CT molecular complexity index is 562. The number of thiazole rings is 1. The summed E-state index contributed by atoms with van der Waals surface area (Å²) in [5, 5.41) is 12.3. The van der Waals surface area contributed by atoms with Gasteiger partial charge >= 0.3 is 0 Å². The third-order valence-electron chi connectivity index (χ3n) is 3.35. The van der Waals surface area contributed by atoms with Crippen LogP contribution in [0, 0.1) is 11.3 Å². The second kappa shape index (κ2) is 5.60. The molecule has 0 saturated carbocycles. The molecule has 3 heterocycles. The van der Waals surface area contributed by atoms with Crippen molar-refractivity contribution in [3.8, 4) is 6.07 Å². The summed E-state index contributed by atoms with van der Waals surface area (Å²) >= 11 is 5.05. The van der Waals surface area contributed by atoms with Crippen LogP contribution in [0.5, 0.6) is 0 Å². The maximum atomic E-state index is 9.30. The van der Waals surface area contributed by atoms with Crippen LogP contribution in [0.25, 0.3) is 0 Å². The Morgan fingerprint density at radius 1 is 1.50 bits per heavy atom. The number of nitriles is 1. The SMILES string of the molecule is CN1C(Br)=CN(c2csc(N3CCOCC3)n2)C1C#N. The van der Waals surface area contributed by atoms with Gasteiger partial charge in [0.25, 0.3) is 0 Å². The molecule has 2 aliphatic rings. The van der Waals surface area contributed by atoms with Crippen LogP contribution in [-0.2, 0) is 4.74 Å². The molecule has 1 unspecified atom stereocenters. The van der Waals surface area contributed by atoms with Crippen molar-refractivity contribution < 1.29 is 4.74 Å². The van der Waals surface area contributed by atoms with Gasteiger partial charge in [-0.15, -0.1) is 11.3 Å². The normalized spacial score (nSPS) is 22.9. The quantitative estimate of drug-likeness (QED) is 0.753. The number of hydrogen-bond acceptors (Lipinski definition) is 7. The van der Waals surface area contributed by atoms with Gasteiger partial charge in [-0.1, -0.05) is 0 Å². The Balaban J connectivity index is 1.81. The number of morpholine rings is 1. The van der Waals surface area contributed by atoms with Crippen LogP contribution in [0.1, 0.15) is 0 Å². The fourth-order valence-corrected chi connectivity index (χ4v) is 3.47. The average molecular weight is 356 g/mol. The van der Waals surface area contributed by atoms with Crippen molar-refractivity contribution in [3.05, 3.63) is 16.2 Å². The minimum absolute atomic E-state index is 0.357. The molecule has 106 valence electrons. The number of anilines is 2. The van der Waals surface area contributed by atoms with Crippen LogP contribution < -0.4 is 9.80 Å². The fourth-order valence-electron chi connectivity index (χ4n) is 2.19. The summed E-state index contributed by atoms with van der Waals surface area (Å²) in [6.07, 6.45) is 1.54. The van der Waals surface area contributed by atoms with Crippen molar-refractivity contribution in [1.82, 2.24) is 9.88 Å². The molecule has 0 N–H and O–H groups in total. The molecule has 1 fully saturated rings. The van der Waals surface area contributed by atoms with Crippen molar-refractivity contribution in [1.29, 1.82) is 5.26 Å². The number of halogens is 1. The van der Waals surface area contributed by atoms with Gasteiger partial charge in [-0.25, -0.2) is 4.98 Å². The third-order valence-corrected chi connectivity index (χ3v) is 5.01. The van der Waals surface area contributed by atoms with Gasteiger partial charge in [0.2, 0.25) is 0 Å². The van der Waals surface area contributed by atoms with Gasteiger partial charge in [0.05, 0.1) is 17.8 Å². The van der Waals surface area contributed by atoms with E-state index >= 15 is 0 Å². The molecular weight excluding hydrogens is 342 g/mol. The van der Waals surface area contributed by atoms with E-state index in [1.807, 2.05) is 28.4 Å². The van der Waals surface area contributed by atoms with Crippen LogP contribution in [0.15, 0.2) is 16.2 Å². The van der Waals surface area contributed by atoms with E-state index in [4.69, 9.17) is 4.74 Å². The zero-order chi connectivity index (χ0) is 14.1. The molecule has 0 amide bonds. The van der Waals surface area contributed by atoms with Gasteiger partial charge in [-0.05, 0) is 15.9 Å². The van der Waals surface area contributed by atoms with Gasteiger partial charge < -0.3 is 14.5 Å². The molecule has 0 radical (unpaired) electrons. The molecule has 2 aliphatic heterocycles. The van der Waals surface area contributed by atoms with Crippen LogP contribution in [0.3, 0.4) is 0 Å². The van der Waals surface area contributed by atoms with Crippen molar-refractivity contribution in [2.75, 3.05) is 43.2 Å². The van der Waals surface area contributed by atoms with Crippen molar-refractivity contribution in [2.24, 2.45) is 0 Å². The lowest BCUT2D eigenvalue weighted by Crippen LogP contribution is -2.37. The molecule has 3 rings (SSSR count). The zero-order valence-electron chi connectivity index (χ0n) is 11.0. The smallest absolute Gasteiger partial charge is 0.197 e. The molecule has 0 aliphatic carbocycles. The summed E-state index contributed by atoms with van der Waals surface area (Å²) in [5.41, 5.74) is 0. The Hall–Kier alpha value is -1.30. The Morgan fingerprint density at radius 3 is 2.95 bits per heavy atom. The molecule has 1 atom stereocenters. The number of rotatable bonds is 2. The summed E-state index contributed by atoms with van der Waals surface area (Å²) in [6, 6.07) is 2.28. The highest BCUT2D eigenvalue weighted by molar-refractivity contribution is 9.11. The first-order chi connectivity index (χ1) is 9.70. The van der Waals surface area contributed by atoms with Gasteiger partial charge in [0, 0.05) is 31.7 Å². The van der Waals surface area contributed by atoms with Crippen LogP contribution in [0.4, 0.5) is 10.9 Å². The van der Waals surface area contributed by atoms with E-state index in [1.54, 1.807) is 11.3 Å². The highest BCUT2D eigenvalue weighted by Crippen LogP contribution is 2.33. The van der Waals surface area contributed by atoms with E-state index < -0.39 is 0 Å². The van der Waals surface area contributed by atoms with E-state index in [1.165, 1.54) is 0 Å². The van der Waals surface area contributed by atoms with Crippen molar-refractivity contribution in [2.45, 2.75) is 6.17 Å². The molecule has 0 spiro atoms. The summed E-state index contributed by atoms with van der Waals surface area (Å²) in [7, 11) is 1.88. The van der Waals surface area contributed by atoms with E-state index in [2.05, 4.69) is 31.9 Å². The van der Waals surface area contributed by atoms with Crippen molar-refractivity contribution in [3.63, 3.8) is 0 Å². The molecule has 1 aromatic rings. The van der Waals surface area contributed by atoms with Crippen LogP contribution >= 0.6 is 27.3 Å². The Labute approximate surface area is 130 Å². The molecule has 0 aromatic carbocycles. The largest absolute Gasteiger partial charge is 0.378 e. The highest BCUT2D eigenvalue weighted by atomic mass is 79.9. The Kier molecular flexibility index (Phi) is 3.83. The lowest BCUT2D eigenvalue weighted by Gasteiger charge is -2.26. The van der Waals surface area contributed by atoms with E-state index in [-0.39, 0.29) is 6.17 Å². The van der Waals surface area contributed by atoms with Gasteiger partial charge in [-0.2, -0.15) is 5.26 Å². The molecule has 1 saturated heterocycles. The second-order valence-corrected chi connectivity index (χ2v) is 6.21. The zero-order valence-corrected chi connectivity index (χ0v) is 13.4. The number of hydrogen-bond donors (Lipinski definition) is 0. The lowest BCUT2D eigenvalue weighted by molar-refractivity contribution is 0.122. The average Bonchev–Trinajstić information content (AvgIpc) is 3.06. The van der Waals surface area contributed by atoms with Gasteiger partial charge in [0.1, 0.15) is 11.9 Å². The second-order valence-electron chi connectivity index (χ2n) is 4.56. The first-order valence-electron chi connectivity index (χ1n) is 6.27. The Morgan fingerprint density at radius 2 is 2.25 bits per heavy atom. The minimum Gasteiger partial charge on any atom is -0.378 e. The molecular formula is C12H14BrN5OS. The predicted octanol–water partition coefficient (Wildman–Crippen LogP) is 1.77. The summed E-state index contributed by atoms with van der Waals surface area (Å²) < 4.78 is 6.23. The van der Waals surface area contributed by atoms with Crippen molar-refractivity contribution >= 4 is 38.2 Å². The third kappa shape index (κ3) is 2.37. The predicted molar refractivity (Wildman–Crippen MR) is 81.8 cm³/mol. The standard InChI is InChI=1S/C12H14BrN5OS/c1-16-9(13)7-18(11(16)6-14)10-8-20-12(15-10)17-2-4-19-5-3-17/h7-8,11H,2-5H2,1H3. The first-order valence-corrected chi connectivity index (χ1v) is 7.94. The number of nitrogens with zero attached hydrogens (tertiary/aromatic N) is 5. The lowest BCUT2D eigenvalue weighted by atomic mass is 10.4. The highest BCUT2D eigenvalue weighted by Gasteiger charge is 2.31. The number of ether oxygens (including phenoxy) is 1. The summed E-state index contributed by atoms with van der Waals surface area (Å²) in [6.45, 7) is 3.23. The topological polar surface area (TPSA) is 55.6 Å². The van der Waals surface area contributed by atoms with E-state index in [9.17, 15) is 5.26 Å². The maximum absolute atomic E-state index is 9.30. The summed E-state index contributed by atoms with van der Waals surface area (Å²) in [4.78, 5) is 10.6. The first kappa shape index (κ1) is 13.7. The monoisotopic (exact) mass is 355 g/mol. The summed E-state index contributed by atoms with van der Waals surface area (Å²) in [5.74, 6) is 0.810. The fraction of sp³-hybridized carbons (Fsp3) is 0.500. The van der Waals surface area contributed by atoms with Gasteiger partial charge in [-0.3, -0.25) is 4.90 Å². The molecule has 1 aromatic heterocycles. The minimum atomic E-state index is -0.357. The van der Waals surface area contributed by atoms with E-state index in [0.717, 1.165) is 41.9 Å². The molecule has 0 bridgehead atoms. The van der Waals surface area contributed by atoms with Crippen LogP contribution in [-0.4, -0.2) is 49.4 Å². The molecule has 20 heavy (non-hydrogen) atoms. The van der Waals surface area contributed by atoms with E-state index in [0.29, 0.717) is 0 Å². The van der Waals surface area contributed by atoms with Crippen LogP contribution in [0.2, 0.25) is 0 Å². The molecule has 6 nitrogen and oxygen atoms in total.